The lowest BCUT2D eigenvalue weighted by Crippen LogP contribution is -2.05. The summed E-state index contributed by atoms with van der Waals surface area (Å²) in [5, 5.41) is 14.7. The summed E-state index contributed by atoms with van der Waals surface area (Å²) in [6.07, 6.45) is 3.89. The Hall–Kier alpha value is -2.63. The van der Waals surface area contributed by atoms with E-state index in [2.05, 4.69) is 38.6 Å². The number of H-pyrrole nitrogens is 1. The maximum atomic E-state index is 4.35. The molecule has 0 aliphatic rings. The summed E-state index contributed by atoms with van der Waals surface area (Å²) >= 11 is 0. The van der Waals surface area contributed by atoms with E-state index >= 15 is 0 Å². The van der Waals surface area contributed by atoms with Gasteiger partial charge in [0.25, 0.3) is 0 Å². The van der Waals surface area contributed by atoms with Gasteiger partial charge in [-0.3, -0.25) is 9.78 Å². The third-order valence-corrected chi connectivity index (χ3v) is 3.33. The zero-order chi connectivity index (χ0) is 14.8. The molecule has 2 aromatic heterocycles. The molecule has 0 saturated heterocycles. The molecule has 0 fully saturated rings. The third kappa shape index (κ3) is 2.94. The van der Waals surface area contributed by atoms with Crippen LogP contribution in [0.15, 0.2) is 36.7 Å². The molecule has 0 aliphatic carbocycles. The van der Waals surface area contributed by atoms with Crippen molar-refractivity contribution in [3.63, 3.8) is 0 Å². The summed E-state index contributed by atoms with van der Waals surface area (Å²) in [7, 11) is 1.92. The van der Waals surface area contributed by atoms with Crippen molar-refractivity contribution >= 4 is 5.69 Å². The summed E-state index contributed by atoms with van der Waals surface area (Å²) in [6, 6.07) is 8.27. The number of nitrogens with one attached hydrogen (secondary N) is 2. The van der Waals surface area contributed by atoms with Crippen molar-refractivity contribution in [1.82, 2.24) is 25.0 Å². The van der Waals surface area contributed by atoms with Crippen molar-refractivity contribution < 1.29 is 0 Å². The molecule has 6 heteroatoms. The minimum Gasteiger partial charge on any atom is -0.378 e. The molecular weight excluding hydrogens is 264 g/mol. The van der Waals surface area contributed by atoms with E-state index in [-0.39, 0.29) is 6.04 Å². The Morgan fingerprint density at radius 1 is 1.33 bits per heavy atom. The Morgan fingerprint density at radius 2 is 2.19 bits per heavy atom. The number of aromatic amines is 1. The first kappa shape index (κ1) is 13.4. The molecule has 0 aliphatic heterocycles. The Kier molecular flexibility index (Phi) is 3.43. The van der Waals surface area contributed by atoms with Crippen LogP contribution in [0.25, 0.3) is 11.4 Å². The highest BCUT2D eigenvalue weighted by Crippen LogP contribution is 2.23. The second-order valence-electron chi connectivity index (χ2n) is 5.14. The van der Waals surface area contributed by atoms with Gasteiger partial charge in [-0.25, -0.2) is 4.98 Å². The number of benzene rings is 1. The second-order valence-corrected chi connectivity index (χ2v) is 5.14. The predicted molar refractivity (Wildman–Crippen MR) is 81.8 cm³/mol. The predicted octanol–water partition coefficient (Wildman–Crippen LogP) is 2.69. The van der Waals surface area contributed by atoms with Crippen LogP contribution in [0.2, 0.25) is 0 Å². The molecule has 0 saturated carbocycles. The maximum absolute atomic E-state index is 4.35. The molecule has 0 spiro atoms. The normalized spacial score (nSPS) is 12.3. The Balaban J connectivity index is 1.80. The lowest BCUT2D eigenvalue weighted by Gasteiger charge is -2.14. The molecule has 0 radical (unpaired) electrons. The summed E-state index contributed by atoms with van der Waals surface area (Å²) < 4.78 is 1.81. The SMILES string of the molecule is Cc1nc(-c2cccc(NC(C)c3cnn(C)c3)c2)n[nH]1. The molecule has 2 N–H and O–H groups in total. The van der Waals surface area contributed by atoms with Gasteiger partial charge >= 0.3 is 0 Å². The number of aryl methyl sites for hydroxylation is 2. The Morgan fingerprint density at radius 3 is 2.86 bits per heavy atom. The van der Waals surface area contributed by atoms with E-state index in [9.17, 15) is 0 Å². The van der Waals surface area contributed by atoms with E-state index in [1.54, 1.807) is 4.68 Å². The molecule has 1 unspecified atom stereocenters. The van der Waals surface area contributed by atoms with Gasteiger partial charge in [0.15, 0.2) is 5.82 Å². The molecule has 2 heterocycles. The van der Waals surface area contributed by atoms with E-state index < -0.39 is 0 Å². The average molecular weight is 282 g/mol. The Labute approximate surface area is 123 Å². The van der Waals surface area contributed by atoms with E-state index in [1.807, 2.05) is 44.6 Å². The number of anilines is 1. The lowest BCUT2D eigenvalue weighted by molar-refractivity contribution is 0.765. The van der Waals surface area contributed by atoms with Gasteiger partial charge in [-0.15, -0.1) is 0 Å². The van der Waals surface area contributed by atoms with E-state index in [0.717, 1.165) is 22.6 Å². The number of aromatic nitrogens is 5. The van der Waals surface area contributed by atoms with Crippen LogP contribution in [-0.4, -0.2) is 25.0 Å². The molecule has 1 aromatic carbocycles. The molecule has 3 rings (SSSR count). The molecule has 1 atom stereocenters. The second kappa shape index (κ2) is 5.40. The van der Waals surface area contributed by atoms with Gasteiger partial charge in [0.05, 0.1) is 12.2 Å². The van der Waals surface area contributed by atoms with Crippen LogP contribution in [0.5, 0.6) is 0 Å². The van der Waals surface area contributed by atoms with Gasteiger partial charge in [0, 0.05) is 30.1 Å². The van der Waals surface area contributed by atoms with Gasteiger partial charge < -0.3 is 5.32 Å². The third-order valence-electron chi connectivity index (χ3n) is 3.33. The summed E-state index contributed by atoms with van der Waals surface area (Å²) in [4.78, 5) is 4.35. The number of hydrogen-bond donors (Lipinski definition) is 2. The van der Waals surface area contributed by atoms with Crippen molar-refractivity contribution in [3.8, 4) is 11.4 Å². The highest BCUT2D eigenvalue weighted by Gasteiger charge is 2.09. The van der Waals surface area contributed by atoms with Gasteiger partial charge in [-0.2, -0.15) is 10.2 Å². The Bertz CT molecular complexity index is 742. The average Bonchev–Trinajstić information content (AvgIpc) is 3.08. The van der Waals surface area contributed by atoms with Crippen molar-refractivity contribution in [2.75, 3.05) is 5.32 Å². The largest absolute Gasteiger partial charge is 0.378 e. The van der Waals surface area contributed by atoms with Crippen LogP contribution in [-0.2, 0) is 7.05 Å². The number of nitrogens with zero attached hydrogens (tertiary/aromatic N) is 4. The molecule has 6 nitrogen and oxygen atoms in total. The molecular formula is C15H18N6. The monoisotopic (exact) mass is 282 g/mol. The lowest BCUT2D eigenvalue weighted by atomic mass is 10.1. The summed E-state index contributed by atoms with van der Waals surface area (Å²) in [6.45, 7) is 4.00. The first-order valence-electron chi connectivity index (χ1n) is 6.86. The van der Waals surface area contributed by atoms with Crippen molar-refractivity contribution in [2.24, 2.45) is 7.05 Å². The van der Waals surface area contributed by atoms with Crippen LogP contribution in [0.4, 0.5) is 5.69 Å². The van der Waals surface area contributed by atoms with Crippen LogP contribution in [0.1, 0.15) is 24.4 Å². The molecule has 0 bridgehead atoms. The van der Waals surface area contributed by atoms with Crippen LogP contribution in [0, 0.1) is 6.92 Å². The molecule has 0 amide bonds. The molecule has 3 aromatic rings. The summed E-state index contributed by atoms with van der Waals surface area (Å²) in [5.41, 5.74) is 3.17. The zero-order valence-electron chi connectivity index (χ0n) is 12.3. The van der Waals surface area contributed by atoms with Gasteiger partial charge in [-0.05, 0) is 26.0 Å². The van der Waals surface area contributed by atoms with Crippen LogP contribution in [0.3, 0.4) is 0 Å². The van der Waals surface area contributed by atoms with Gasteiger partial charge in [-0.1, -0.05) is 12.1 Å². The highest BCUT2D eigenvalue weighted by atomic mass is 15.2. The van der Waals surface area contributed by atoms with Crippen molar-refractivity contribution in [1.29, 1.82) is 0 Å². The minimum atomic E-state index is 0.183. The maximum Gasteiger partial charge on any atom is 0.181 e. The molecule has 21 heavy (non-hydrogen) atoms. The number of hydrogen-bond acceptors (Lipinski definition) is 4. The number of rotatable bonds is 4. The molecule has 108 valence electrons. The van der Waals surface area contributed by atoms with E-state index in [4.69, 9.17) is 0 Å². The van der Waals surface area contributed by atoms with E-state index in [0.29, 0.717) is 5.82 Å². The smallest absolute Gasteiger partial charge is 0.181 e. The first-order valence-corrected chi connectivity index (χ1v) is 6.86. The highest BCUT2D eigenvalue weighted by molar-refractivity contribution is 5.62. The topological polar surface area (TPSA) is 71.4 Å². The van der Waals surface area contributed by atoms with Crippen LogP contribution < -0.4 is 5.32 Å². The van der Waals surface area contributed by atoms with Crippen molar-refractivity contribution in [3.05, 3.63) is 48.0 Å². The van der Waals surface area contributed by atoms with Gasteiger partial charge in [0.2, 0.25) is 0 Å². The first-order chi connectivity index (χ1) is 10.1. The fourth-order valence-electron chi connectivity index (χ4n) is 2.22. The van der Waals surface area contributed by atoms with E-state index in [1.165, 1.54) is 0 Å². The van der Waals surface area contributed by atoms with Crippen LogP contribution >= 0.6 is 0 Å². The van der Waals surface area contributed by atoms with Gasteiger partial charge in [0.1, 0.15) is 5.82 Å². The van der Waals surface area contributed by atoms with Crippen molar-refractivity contribution in [2.45, 2.75) is 19.9 Å². The zero-order valence-corrected chi connectivity index (χ0v) is 12.3. The fraction of sp³-hybridized carbons (Fsp3) is 0.267. The standard InChI is InChI=1S/C15H18N6/c1-10(13-8-16-21(3)9-13)17-14-6-4-5-12(7-14)15-18-11(2)19-20-15/h4-10,17H,1-3H3,(H,18,19,20). The minimum absolute atomic E-state index is 0.183. The quantitative estimate of drug-likeness (QED) is 0.771. The fourth-order valence-corrected chi connectivity index (χ4v) is 2.22. The summed E-state index contributed by atoms with van der Waals surface area (Å²) in [5.74, 6) is 1.53.